The van der Waals surface area contributed by atoms with Gasteiger partial charge in [0, 0.05) is 50.6 Å². The number of benzene rings is 2. The number of methoxy groups -OCH3 is 2. The number of aliphatic imine (C=N–C) groups is 1. The van der Waals surface area contributed by atoms with Gasteiger partial charge < -0.3 is 25.3 Å². The summed E-state index contributed by atoms with van der Waals surface area (Å²) in [7, 11) is 5.47. The van der Waals surface area contributed by atoms with Crippen LogP contribution in [0.5, 0.6) is 0 Å². The molecule has 200 valence electrons. The van der Waals surface area contributed by atoms with Crippen LogP contribution < -0.4 is 11.1 Å². The van der Waals surface area contributed by atoms with E-state index in [2.05, 4.69) is 51.4 Å². The fourth-order valence-electron chi connectivity index (χ4n) is 5.19. The standard InChI is InChI=1S/C19H29N5O4.C9H10/c1-23-15(11-26-2)7-24(8-16(23)12-27-3)9-18(25)21-14-4-5-17-13(6-14)10-28-19(20)22-17;1-2-5-9-7-3-6-8(9)4-1/h4-6,15-16H,7-12H2,1-3H3,(H2,20,22)(H,21,25);1-2,4-5H,3,6-7H2/t15-,16?;/m0./s1. The van der Waals surface area contributed by atoms with Crippen LogP contribution in [0.25, 0.3) is 0 Å². The molecule has 5 rings (SSSR count). The molecule has 3 N–H and O–H groups in total. The highest BCUT2D eigenvalue weighted by molar-refractivity contribution is 5.92. The van der Waals surface area contributed by atoms with Gasteiger partial charge >= 0.3 is 0 Å². The molecule has 0 saturated carbocycles. The Morgan fingerprint density at radius 1 is 1.05 bits per heavy atom. The highest BCUT2D eigenvalue weighted by atomic mass is 16.5. The van der Waals surface area contributed by atoms with Gasteiger partial charge in [-0.25, -0.2) is 0 Å². The lowest BCUT2D eigenvalue weighted by molar-refractivity contribution is -0.119. The maximum Gasteiger partial charge on any atom is 0.287 e. The third kappa shape index (κ3) is 7.29. The number of hydrogen-bond donors (Lipinski definition) is 2. The molecule has 2 aliphatic heterocycles. The van der Waals surface area contributed by atoms with Crippen molar-refractivity contribution in [2.75, 3.05) is 59.4 Å². The topological polar surface area (TPSA) is 102 Å². The summed E-state index contributed by atoms with van der Waals surface area (Å²) in [6, 6.07) is 14.9. The lowest BCUT2D eigenvalue weighted by Crippen LogP contribution is -2.60. The number of nitrogens with one attached hydrogen (secondary N) is 1. The Bertz CT molecular complexity index is 1050. The molecule has 9 heteroatoms. The van der Waals surface area contributed by atoms with Gasteiger partial charge in [0.25, 0.3) is 6.02 Å². The zero-order chi connectivity index (χ0) is 26.2. The molecule has 2 heterocycles. The van der Waals surface area contributed by atoms with Crippen LogP contribution in [0.3, 0.4) is 0 Å². The highest BCUT2D eigenvalue weighted by Crippen LogP contribution is 2.27. The summed E-state index contributed by atoms with van der Waals surface area (Å²) < 4.78 is 15.9. The first kappa shape index (κ1) is 27.1. The Hall–Kier alpha value is -2.98. The van der Waals surface area contributed by atoms with Gasteiger partial charge in [0.15, 0.2) is 0 Å². The third-order valence-electron chi connectivity index (χ3n) is 7.16. The van der Waals surface area contributed by atoms with Crippen molar-refractivity contribution in [3.63, 3.8) is 0 Å². The number of anilines is 1. The summed E-state index contributed by atoms with van der Waals surface area (Å²) in [6.07, 6.45) is 3.96. The van der Waals surface area contributed by atoms with Crippen molar-refractivity contribution in [1.29, 1.82) is 0 Å². The average molecular weight is 510 g/mol. The Balaban J connectivity index is 0.000000295. The van der Waals surface area contributed by atoms with Crippen LogP contribution in [0.1, 0.15) is 23.1 Å². The molecule has 1 saturated heterocycles. The average Bonchev–Trinajstić information content (AvgIpc) is 3.36. The Morgan fingerprint density at radius 3 is 2.32 bits per heavy atom. The highest BCUT2D eigenvalue weighted by Gasteiger charge is 2.32. The first-order chi connectivity index (χ1) is 18.0. The maximum absolute atomic E-state index is 12.6. The minimum Gasteiger partial charge on any atom is -0.460 e. The lowest BCUT2D eigenvalue weighted by atomic mass is 10.1. The SMILES string of the molecule is COCC1CN(CC(=O)Nc2ccc3c(c2)COC(N)=N3)C[C@@H](COC)N1C.c1ccc2c(c1)CCC2. The second kappa shape index (κ2) is 13.0. The number of amides is 1. The monoisotopic (exact) mass is 509 g/mol. The molecule has 0 spiro atoms. The number of piperazine rings is 1. The summed E-state index contributed by atoms with van der Waals surface area (Å²) in [6.45, 7) is 3.43. The molecule has 37 heavy (non-hydrogen) atoms. The van der Waals surface area contributed by atoms with Crippen LogP contribution in [0.4, 0.5) is 11.4 Å². The number of aryl methyl sites for hydroxylation is 2. The minimum atomic E-state index is -0.0587. The second-order valence-electron chi connectivity index (χ2n) is 9.83. The molecule has 0 aromatic heterocycles. The van der Waals surface area contributed by atoms with Gasteiger partial charge in [-0.05, 0) is 55.6 Å². The van der Waals surface area contributed by atoms with Crippen molar-refractivity contribution in [2.45, 2.75) is 38.0 Å². The number of ether oxygens (including phenoxy) is 3. The number of nitrogens with two attached hydrogens (primary N) is 1. The van der Waals surface area contributed by atoms with Gasteiger partial charge in [-0.3, -0.25) is 14.6 Å². The molecule has 2 atom stereocenters. The number of fused-ring (bicyclic) bond motifs is 2. The number of carbonyl (C=O) groups is 1. The summed E-state index contributed by atoms with van der Waals surface area (Å²) in [4.78, 5) is 21.2. The molecule has 0 radical (unpaired) electrons. The van der Waals surface area contributed by atoms with Crippen LogP contribution in [-0.2, 0) is 38.5 Å². The van der Waals surface area contributed by atoms with Crippen molar-refractivity contribution < 1.29 is 19.0 Å². The van der Waals surface area contributed by atoms with Crippen LogP contribution in [0.15, 0.2) is 47.5 Å². The first-order valence-corrected chi connectivity index (χ1v) is 12.9. The molecule has 1 fully saturated rings. The van der Waals surface area contributed by atoms with Crippen LogP contribution in [-0.4, -0.2) is 87.9 Å². The van der Waals surface area contributed by atoms with Gasteiger partial charge in [0.05, 0.1) is 25.4 Å². The maximum atomic E-state index is 12.6. The predicted molar refractivity (Wildman–Crippen MR) is 145 cm³/mol. The quantitative estimate of drug-likeness (QED) is 0.592. The van der Waals surface area contributed by atoms with Gasteiger partial charge in [0.1, 0.15) is 6.61 Å². The smallest absolute Gasteiger partial charge is 0.287 e. The van der Waals surface area contributed by atoms with E-state index in [4.69, 9.17) is 19.9 Å². The van der Waals surface area contributed by atoms with Crippen molar-refractivity contribution in [1.82, 2.24) is 9.80 Å². The molecule has 0 bridgehead atoms. The molecule has 3 aliphatic rings. The van der Waals surface area contributed by atoms with Crippen LogP contribution in [0, 0.1) is 0 Å². The summed E-state index contributed by atoms with van der Waals surface area (Å²) in [5.41, 5.74) is 11.1. The van der Waals surface area contributed by atoms with Gasteiger partial charge in [-0.15, -0.1) is 0 Å². The number of likely N-dealkylation sites (N-methyl/N-ethyl adjacent to an activating group) is 1. The summed E-state index contributed by atoms with van der Waals surface area (Å²) in [5, 5.41) is 2.96. The number of hydrogen-bond acceptors (Lipinski definition) is 8. The van der Waals surface area contributed by atoms with Crippen LogP contribution >= 0.6 is 0 Å². The zero-order valence-corrected chi connectivity index (χ0v) is 22.1. The van der Waals surface area contributed by atoms with Gasteiger partial charge in [-0.1, -0.05) is 24.3 Å². The molecule has 1 aliphatic carbocycles. The first-order valence-electron chi connectivity index (χ1n) is 12.9. The molecule has 1 unspecified atom stereocenters. The number of nitrogens with zero attached hydrogens (tertiary/aromatic N) is 3. The Labute approximate surface area is 219 Å². The largest absolute Gasteiger partial charge is 0.460 e. The lowest BCUT2D eigenvalue weighted by Gasteiger charge is -2.44. The molecule has 9 nitrogen and oxygen atoms in total. The van der Waals surface area contributed by atoms with Crippen molar-refractivity contribution in [3.8, 4) is 0 Å². The van der Waals surface area contributed by atoms with Crippen molar-refractivity contribution >= 4 is 23.3 Å². The number of amidine groups is 1. The van der Waals surface area contributed by atoms with E-state index in [9.17, 15) is 4.79 Å². The fraction of sp³-hybridized carbons (Fsp3) is 0.500. The Morgan fingerprint density at radius 2 is 1.70 bits per heavy atom. The van der Waals surface area contributed by atoms with E-state index >= 15 is 0 Å². The van der Waals surface area contributed by atoms with E-state index in [1.165, 1.54) is 19.3 Å². The molecular formula is C28H39N5O4. The van der Waals surface area contributed by atoms with E-state index < -0.39 is 0 Å². The van der Waals surface area contributed by atoms with E-state index in [0.717, 1.165) is 30.0 Å². The number of carbonyl (C=O) groups excluding carboxylic acids is 1. The Kier molecular flexibility index (Phi) is 9.51. The number of rotatable bonds is 7. The van der Waals surface area contributed by atoms with Gasteiger partial charge in [0.2, 0.25) is 5.91 Å². The zero-order valence-electron chi connectivity index (χ0n) is 22.1. The molecule has 2 aromatic rings. The predicted octanol–water partition coefficient (Wildman–Crippen LogP) is 2.55. The minimum absolute atomic E-state index is 0.0587. The van der Waals surface area contributed by atoms with Gasteiger partial charge in [-0.2, -0.15) is 4.99 Å². The van der Waals surface area contributed by atoms with E-state index in [1.54, 1.807) is 25.3 Å². The molecular weight excluding hydrogens is 470 g/mol. The van der Waals surface area contributed by atoms with Crippen molar-refractivity contribution in [2.24, 2.45) is 10.7 Å². The van der Waals surface area contributed by atoms with E-state index in [-0.39, 0.29) is 24.0 Å². The van der Waals surface area contributed by atoms with E-state index in [1.807, 2.05) is 18.2 Å². The van der Waals surface area contributed by atoms with E-state index in [0.29, 0.717) is 26.4 Å². The normalized spacial score (nSPS) is 21.1. The fourth-order valence-corrected chi connectivity index (χ4v) is 5.19. The van der Waals surface area contributed by atoms with Crippen LogP contribution in [0.2, 0.25) is 0 Å². The third-order valence-corrected chi connectivity index (χ3v) is 7.16. The molecule has 1 amide bonds. The van der Waals surface area contributed by atoms with Crippen molar-refractivity contribution in [3.05, 3.63) is 59.2 Å². The second-order valence-corrected chi connectivity index (χ2v) is 9.83. The summed E-state index contributed by atoms with van der Waals surface area (Å²) in [5.74, 6) is -0.0587. The molecule has 2 aromatic carbocycles. The summed E-state index contributed by atoms with van der Waals surface area (Å²) >= 11 is 0.